The van der Waals surface area contributed by atoms with Gasteiger partial charge in [0, 0.05) is 12.6 Å². The van der Waals surface area contributed by atoms with Gasteiger partial charge in [-0.05, 0) is 11.6 Å². The summed E-state index contributed by atoms with van der Waals surface area (Å²) >= 11 is 0. The van der Waals surface area contributed by atoms with Gasteiger partial charge in [-0.15, -0.1) is 0 Å². The van der Waals surface area contributed by atoms with E-state index in [4.69, 9.17) is 9.47 Å². The minimum atomic E-state index is -0.160. The maximum absolute atomic E-state index is 12.5. The summed E-state index contributed by atoms with van der Waals surface area (Å²) in [5, 5.41) is 2.99. The van der Waals surface area contributed by atoms with Crippen LogP contribution in [-0.4, -0.2) is 50.4 Å². The molecule has 5 nitrogen and oxygen atoms in total. The average molecular weight is 326 g/mol. The Bertz CT molecular complexity index is 669. The number of urea groups is 1. The lowest BCUT2D eigenvalue weighted by molar-refractivity contribution is -0.0925. The normalized spacial score (nSPS) is 17.3. The predicted octanol–water partition coefficient (Wildman–Crippen LogP) is 3.23. The van der Waals surface area contributed by atoms with Crippen molar-refractivity contribution in [3.05, 3.63) is 54.6 Å². The topological polar surface area (TPSA) is 50.8 Å². The van der Waals surface area contributed by atoms with Gasteiger partial charge in [0.25, 0.3) is 0 Å². The predicted molar refractivity (Wildman–Crippen MR) is 94.1 cm³/mol. The van der Waals surface area contributed by atoms with E-state index in [1.807, 2.05) is 54.6 Å². The number of nitrogens with zero attached hydrogens (tertiary/aromatic N) is 1. The molecule has 0 spiro atoms. The summed E-state index contributed by atoms with van der Waals surface area (Å²) in [4.78, 5) is 14.1. The Balaban J connectivity index is 1.68. The van der Waals surface area contributed by atoms with E-state index in [0.29, 0.717) is 26.4 Å². The number of rotatable bonds is 4. The summed E-state index contributed by atoms with van der Waals surface area (Å²) < 4.78 is 11.0. The number of benzene rings is 2. The Hall–Kier alpha value is -2.37. The Morgan fingerprint density at radius 1 is 1.12 bits per heavy atom. The number of amides is 2. The van der Waals surface area contributed by atoms with Crippen molar-refractivity contribution >= 4 is 11.7 Å². The molecule has 3 rings (SSSR count). The van der Waals surface area contributed by atoms with Crippen LogP contribution in [0.3, 0.4) is 0 Å². The molecule has 0 saturated carbocycles. The number of likely N-dealkylation sites (N-methyl/N-ethyl adjacent to an activating group) is 1. The molecule has 126 valence electrons. The van der Waals surface area contributed by atoms with E-state index < -0.39 is 0 Å². The van der Waals surface area contributed by atoms with Crippen LogP contribution in [0.1, 0.15) is 0 Å². The monoisotopic (exact) mass is 326 g/mol. The van der Waals surface area contributed by atoms with Crippen molar-refractivity contribution in [3.8, 4) is 11.1 Å². The average Bonchev–Trinajstić information content (AvgIpc) is 2.63. The lowest BCUT2D eigenvalue weighted by Crippen LogP contribution is -2.42. The highest BCUT2D eigenvalue weighted by molar-refractivity contribution is 5.94. The van der Waals surface area contributed by atoms with E-state index in [-0.39, 0.29) is 12.1 Å². The summed E-state index contributed by atoms with van der Waals surface area (Å²) in [6, 6.07) is 17.6. The van der Waals surface area contributed by atoms with Gasteiger partial charge in [-0.25, -0.2) is 4.79 Å². The molecule has 2 aromatic rings. The van der Waals surface area contributed by atoms with Gasteiger partial charge in [0.2, 0.25) is 0 Å². The third-order valence-corrected chi connectivity index (χ3v) is 3.96. The van der Waals surface area contributed by atoms with Crippen molar-refractivity contribution in [1.82, 2.24) is 4.90 Å². The molecule has 1 saturated heterocycles. The second-order valence-corrected chi connectivity index (χ2v) is 5.79. The molecule has 1 heterocycles. The highest BCUT2D eigenvalue weighted by atomic mass is 16.6. The van der Waals surface area contributed by atoms with Gasteiger partial charge in [0.15, 0.2) is 0 Å². The van der Waals surface area contributed by atoms with Crippen LogP contribution in [0.15, 0.2) is 54.6 Å². The van der Waals surface area contributed by atoms with Gasteiger partial charge in [-0.2, -0.15) is 0 Å². The fraction of sp³-hybridized carbons (Fsp3) is 0.316. The Kier molecular flexibility index (Phi) is 5.46. The van der Waals surface area contributed by atoms with Gasteiger partial charge in [0.1, 0.15) is 0 Å². The maximum Gasteiger partial charge on any atom is 0.321 e. The first kappa shape index (κ1) is 16.5. The van der Waals surface area contributed by atoms with E-state index in [2.05, 4.69) is 5.32 Å². The molecule has 0 aromatic heterocycles. The zero-order valence-corrected chi connectivity index (χ0v) is 13.8. The van der Waals surface area contributed by atoms with Crippen LogP contribution in [-0.2, 0) is 9.47 Å². The fourth-order valence-electron chi connectivity index (χ4n) is 2.70. The molecule has 1 N–H and O–H groups in total. The van der Waals surface area contributed by atoms with Crippen LogP contribution in [0.25, 0.3) is 11.1 Å². The van der Waals surface area contributed by atoms with Crippen molar-refractivity contribution in [2.75, 3.05) is 38.7 Å². The number of hydrogen-bond donors (Lipinski definition) is 1. The first-order chi connectivity index (χ1) is 11.7. The number of hydrogen-bond acceptors (Lipinski definition) is 3. The third kappa shape index (κ3) is 4.13. The fourth-order valence-corrected chi connectivity index (χ4v) is 2.70. The molecule has 0 radical (unpaired) electrons. The van der Waals surface area contributed by atoms with Crippen molar-refractivity contribution < 1.29 is 14.3 Å². The molecule has 0 aliphatic carbocycles. The van der Waals surface area contributed by atoms with Crippen LogP contribution in [0.5, 0.6) is 0 Å². The maximum atomic E-state index is 12.5. The second-order valence-electron chi connectivity index (χ2n) is 5.79. The molecule has 1 aliphatic rings. The van der Waals surface area contributed by atoms with Crippen molar-refractivity contribution in [3.63, 3.8) is 0 Å². The van der Waals surface area contributed by atoms with E-state index in [1.54, 1.807) is 11.9 Å². The van der Waals surface area contributed by atoms with Crippen LogP contribution in [0, 0.1) is 0 Å². The molecule has 1 fully saturated rings. The lowest BCUT2D eigenvalue weighted by Gasteiger charge is -2.27. The zero-order chi connectivity index (χ0) is 16.8. The minimum Gasteiger partial charge on any atom is -0.376 e. The van der Waals surface area contributed by atoms with Gasteiger partial charge in [-0.1, -0.05) is 48.5 Å². The third-order valence-electron chi connectivity index (χ3n) is 3.96. The number of ether oxygens (including phenoxy) is 2. The number of para-hydroxylation sites is 1. The van der Waals surface area contributed by atoms with Crippen LogP contribution >= 0.6 is 0 Å². The highest BCUT2D eigenvalue weighted by Crippen LogP contribution is 2.27. The summed E-state index contributed by atoms with van der Waals surface area (Å²) in [6.07, 6.45) is -0.0705. The molecule has 24 heavy (non-hydrogen) atoms. The Morgan fingerprint density at radius 2 is 1.88 bits per heavy atom. The molecule has 2 aromatic carbocycles. The summed E-state index contributed by atoms with van der Waals surface area (Å²) in [5.74, 6) is 0. The molecule has 5 heteroatoms. The van der Waals surface area contributed by atoms with Gasteiger partial charge >= 0.3 is 6.03 Å². The van der Waals surface area contributed by atoms with Crippen molar-refractivity contribution in [1.29, 1.82) is 0 Å². The zero-order valence-electron chi connectivity index (χ0n) is 13.8. The molecular weight excluding hydrogens is 304 g/mol. The molecule has 1 aliphatic heterocycles. The highest BCUT2D eigenvalue weighted by Gasteiger charge is 2.19. The summed E-state index contributed by atoms with van der Waals surface area (Å²) in [6.45, 7) is 2.23. The molecule has 0 unspecified atom stereocenters. The van der Waals surface area contributed by atoms with E-state index in [0.717, 1.165) is 16.8 Å². The summed E-state index contributed by atoms with van der Waals surface area (Å²) in [5.41, 5.74) is 2.86. The first-order valence-electron chi connectivity index (χ1n) is 8.10. The molecule has 2 amide bonds. The van der Waals surface area contributed by atoms with Crippen molar-refractivity contribution in [2.24, 2.45) is 0 Å². The molecule has 0 bridgehead atoms. The van der Waals surface area contributed by atoms with Crippen LogP contribution in [0.2, 0.25) is 0 Å². The SMILES string of the molecule is CN(C[C@@H]1COCCO1)C(=O)Nc1ccccc1-c1ccccc1. The quantitative estimate of drug-likeness (QED) is 0.938. The van der Waals surface area contributed by atoms with Crippen LogP contribution < -0.4 is 5.32 Å². The van der Waals surface area contributed by atoms with E-state index in [9.17, 15) is 4.79 Å². The first-order valence-corrected chi connectivity index (χ1v) is 8.10. The second kappa shape index (κ2) is 7.95. The summed E-state index contributed by atoms with van der Waals surface area (Å²) in [7, 11) is 1.76. The lowest BCUT2D eigenvalue weighted by atomic mass is 10.0. The molecule has 1 atom stereocenters. The van der Waals surface area contributed by atoms with E-state index in [1.165, 1.54) is 0 Å². The Morgan fingerprint density at radius 3 is 2.62 bits per heavy atom. The Labute approximate surface area is 142 Å². The standard InChI is InChI=1S/C19H22N2O3/c1-21(13-16-14-23-11-12-24-16)19(22)20-18-10-6-5-9-17(18)15-7-3-2-4-8-15/h2-10,16H,11-14H2,1H3,(H,20,22)/t16-/m1/s1. The number of carbonyl (C=O) groups excluding carboxylic acids is 1. The number of nitrogens with one attached hydrogen (secondary N) is 1. The smallest absolute Gasteiger partial charge is 0.321 e. The van der Waals surface area contributed by atoms with Gasteiger partial charge < -0.3 is 19.7 Å². The minimum absolute atomic E-state index is 0.0705. The number of anilines is 1. The number of carbonyl (C=O) groups is 1. The van der Waals surface area contributed by atoms with Gasteiger partial charge in [0.05, 0.1) is 38.2 Å². The largest absolute Gasteiger partial charge is 0.376 e. The van der Waals surface area contributed by atoms with E-state index >= 15 is 0 Å². The van der Waals surface area contributed by atoms with Crippen LogP contribution in [0.4, 0.5) is 10.5 Å². The van der Waals surface area contributed by atoms with Gasteiger partial charge in [-0.3, -0.25) is 0 Å². The van der Waals surface area contributed by atoms with Crippen molar-refractivity contribution in [2.45, 2.75) is 6.10 Å². The molecular formula is C19H22N2O3.